The number of aromatic nitrogens is 2. The number of rotatable bonds is 5. The van der Waals surface area contributed by atoms with Gasteiger partial charge in [0.1, 0.15) is 5.82 Å². The van der Waals surface area contributed by atoms with Crippen LogP contribution in [0.25, 0.3) is 0 Å². The van der Waals surface area contributed by atoms with Crippen LogP contribution in [0.2, 0.25) is 0 Å². The first-order chi connectivity index (χ1) is 13.5. The number of anilines is 2. The van der Waals surface area contributed by atoms with Crippen molar-refractivity contribution in [3.63, 3.8) is 0 Å². The number of carbonyl (C=O) groups excluding carboxylic acids is 1. The number of halogens is 3. The van der Waals surface area contributed by atoms with Crippen molar-refractivity contribution in [2.24, 2.45) is 23.0 Å². The van der Waals surface area contributed by atoms with Gasteiger partial charge in [-0.2, -0.15) is 18.2 Å². The Bertz CT molecular complexity index is 825. The van der Waals surface area contributed by atoms with Crippen molar-refractivity contribution < 1.29 is 23.1 Å². The zero-order valence-electron chi connectivity index (χ0n) is 16.4. The predicted molar refractivity (Wildman–Crippen MR) is 100 cm³/mol. The highest BCUT2D eigenvalue weighted by molar-refractivity contribution is 5.97. The minimum atomic E-state index is -4.21. The summed E-state index contributed by atoms with van der Waals surface area (Å²) in [4.78, 5) is 20.2. The van der Waals surface area contributed by atoms with Crippen LogP contribution in [0.4, 0.5) is 24.9 Å². The van der Waals surface area contributed by atoms with E-state index in [1.54, 1.807) is 6.92 Å². The summed E-state index contributed by atoms with van der Waals surface area (Å²) < 4.78 is 39.8. The Balaban J connectivity index is 1.50. The van der Waals surface area contributed by atoms with Gasteiger partial charge in [0.05, 0.1) is 17.1 Å². The van der Waals surface area contributed by atoms with Crippen molar-refractivity contribution in [2.45, 2.75) is 69.8 Å². The molecule has 0 saturated heterocycles. The Morgan fingerprint density at radius 2 is 2.00 bits per heavy atom. The average Bonchev–Trinajstić information content (AvgIpc) is 2.60. The molecule has 0 aromatic carbocycles. The monoisotopic (exact) mass is 413 g/mol. The van der Waals surface area contributed by atoms with Crippen LogP contribution in [0.3, 0.4) is 0 Å². The Morgan fingerprint density at radius 3 is 2.55 bits per heavy atom. The summed E-state index contributed by atoms with van der Waals surface area (Å²) in [6.45, 7) is 3.58. The molecular formula is C19H26F3N5O2. The third-order valence-electron chi connectivity index (χ3n) is 7.39. The number of hydrogen-bond donors (Lipinski definition) is 4. The summed E-state index contributed by atoms with van der Waals surface area (Å²) in [5.74, 6) is -0.645. The number of aliphatic hydroxyl groups excluding tert-OH is 1. The van der Waals surface area contributed by atoms with Gasteiger partial charge in [0.25, 0.3) is 5.91 Å². The van der Waals surface area contributed by atoms with Crippen LogP contribution in [0, 0.1) is 17.3 Å². The summed E-state index contributed by atoms with van der Waals surface area (Å²) in [6, 6.07) is -0.0792. The normalized spacial score (nSPS) is 38.6. The number of nitrogens with two attached hydrogens (primary N) is 1. The SMILES string of the molecule is C[C@@H]1CC[C@@H](Nc2nc(NC34CC(C(F)(F)F)(C3)[C@@H]4C)ncc2C(N)=O)CC1O. The molecule has 4 aliphatic rings. The average molecular weight is 413 g/mol. The van der Waals surface area contributed by atoms with Crippen LogP contribution < -0.4 is 16.4 Å². The molecule has 1 heterocycles. The maximum atomic E-state index is 13.3. The van der Waals surface area contributed by atoms with Gasteiger partial charge < -0.3 is 21.5 Å². The predicted octanol–water partition coefficient (Wildman–Crippen LogP) is 2.68. The molecular weight excluding hydrogens is 387 g/mol. The molecule has 160 valence electrons. The molecule has 1 aromatic heterocycles. The van der Waals surface area contributed by atoms with Gasteiger partial charge in [0, 0.05) is 17.8 Å². The zero-order chi connectivity index (χ0) is 21.2. The number of amides is 1. The van der Waals surface area contributed by atoms with Crippen LogP contribution in [-0.2, 0) is 0 Å². The summed E-state index contributed by atoms with van der Waals surface area (Å²) in [5, 5.41) is 16.3. The Hall–Kier alpha value is -2.10. The van der Waals surface area contributed by atoms with E-state index < -0.39 is 35.1 Å². The van der Waals surface area contributed by atoms with E-state index in [2.05, 4.69) is 20.6 Å². The Labute approximate surface area is 166 Å². The number of nitrogens with one attached hydrogen (secondary N) is 2. The van der Waals surface area contributed by atoms with Crippen molar-refractivity contribution in [2.75, 3.05) is 10.6 Å². The molecule has 0 radical (unpaired) electrons. The third-order valence-corrected chi connectivity index (χ3v) is 7.39. The maximum Gasteiger partial charge on any atom is 0.395 e. The molecule has 10 heteroatoms. The smallest absolute Gasteiger partial charge is 0.393 e. The standard InChI is InChI=1S/C19H26F3N5O2/c1-9-3-4-11(5-13(9)28)25-15-12(14(23)29)6-24-16(26-15)27-18-7-17(8-18,10(18)2)19(20,21)22/h6,9-11,13,28H,3-5,7-8H2,1-2H3,(H2,23,29)(H2,24,25,26,27)/t9-,10+,11-,13?,17?,18?/m1/s1. The van der Waals surface area contributed by atoms with Crippen molar-refractivity contribution in [3.05, 3.63) is 11.8 Å². The molecule has 4 saturated carbocycles. The van der Waals surface area contributed by atoms with Crippen molar-refractivity contribution >= 4 is 17.7 Å². The largest absolute Gasteiger partial charge is 0.395 e. The van der Waals surface area contributed by atoms with Gasteiger partial charge in [0.15, 0.2) is 0 Å². The molecule has 5 N–H and O–H groups in total. The molecule has 1 aromatic rings. The third kappa shape index (κ3) is 3.03. The second-order valence-corrected chi connectivity index (χ2v) is 9.03. The first kappa shape index (κ1) is 20.2. The van der Waals surface area contributed by atoms with Gasteiger partial charge in [-0.15, -0.1) is 0 Å². The number of nitrogens with zero attached hydrogens (tertiary/aromatic N) is 2. The number of aliphatic hydroxyl groups is 1. The van der Waals surface area contributed by atoms with Crippen molar-refractivity contribution in [3.8, 4) is 0 Å². The minimum absolute atomic E-state index is 0.00106. The first-order valence-corrected chi connectivity index (χ1v) is 9.94. The lowest BCUT2D eigenvalue weighted by Gasteiger charge is -2.75. The summed E-state index contributed by atoms with van der Waals surface area (Å²) >= 11 is 0. The number of hydrogen-bond acceptors (Lipinski definition) is 6. The van der Waals surface area contributed by atoms with E-state index in [1.807, 2.05) is 6.92 Å². The molecule has 0 spiro atoms. The summed E-state index contributed by atoms with van der Waals surface area (Å²) in [5.41, 5.74) is 3.26. The minimum Gasteiger partial charge on any atom is -0.393 e. The lowest BCUT2D eigenvalue weighted by Crippen LogP contribution is -2.82. The van der Waals surface area contributed by atoms with E-state index in [0.29, 0.717) is 6.42 Å². The highest BCUT2D eigenvalue weighted by Crippen LogP contribution is 2.77. The highest BCUT2D eigenvalue weighted by Gasteiger charge is 2.83. The topological polar surface area (TPSA) is 113 Å². The molecule has 29 heavy (non-hydrogen) atoms. The molecule has 4 fully saturated rings. The molecule has 2 bridgehead atoms. The first-order valence-electron chi connectivity index (χ1n) is 9.94. The van der Waals surface area contributed by atoms with Crippen LogP contribution in [0.1, 0.15) is 56.3 Å². The van der Waals surface area contributed by atoms with Gasteiger partial charge in [0.2, 0.25) is 5.95 Å². The van der Waals surface area contributed by atoms with Crippen molar-refractivity contribution in [1.82, 2.24) is 9.97 Å². The second-order valence-electron chi connectivity index (χ2n) is 9.03. The zero-order valence-corrected chi connectivity index (χ0v) is 16.4. The van der Waals surface area contributed by atoms with Gasteiger partial charge in [-0.3, -0.25) is 4.79 Å². The van der Waals surface area contributed by atoms with Crippen LogP contribution >= 0.6 is 0 Å². The Kier molecular flexibility index (Phi) is 4.49. The highest BCUT2D eigenvalue weighted by atomic mass is 19.4. The molecule has 5 rings (SSSR count). The van der Waals surface area contributed by atoms with Crippen molar-refractivity contribution in [1.29, 1.82) is 0 Å². The number of carbonyl (C=O) groups is 1. The van der Waals surface area contributed by atoms with Gasteiger partial charge >= 0.3 is 6.18 Å². The molecule has 4 aliphatic carbocycles. The van der Waals surface area contributed by atoms with Crippen LogP contribution in [0.5, 0.6) is 0 Å². The van der Waals surface area contributed by atoms with Crippen LogP contribution in [-0.4, -0.2) is 44.8 Å². The van der Waals surface area contributed by atoms with Gasteiger partial charge in [-0.25, -0.2) is 4.98 Å². The number of primary amides is 1. The van der Waals surface area contributed by atoms with E-state index in [4.69, 9.17) is 5.73 Å². The summed E-state index contributed by atoms with van der Waals surface area (Å²) in [7, 11) is 0. The molecule has 4 atom stereocenters. The lowest BCUT2D eigenvalue weighted by molar-refractivity contribution is -0.360. The van der Waals surface area contributed by atoms with E-state index in [1.165, 1.54) is 6.20 Å². The fourth-order valence-electron chi connectivity index (χ4n) is 5.17. The van der Waals surface area contributed by atoms with E-state index >= 15 is 0 Å². The van der Waals surface area contributed by atoms with E-state index in [9.17, 15) is 23.1 Å². The number of alkyl halides is 3. The fourth-order valence-corrected chi connectivity index (χ4v) is 5.17. The molecule has 0 aliphatic heterocycles. The molecule has 1 unspecified atom stereocenters. The fraction of sp³-hybridized carbons (Fsp3) is 0.737. The quantitative estimate of drug-likeness (QED) is 0.590. The lowest BCUT2D eigenvalue weighted by atomic mass is 9.33. The van der Waals surface area contributed by atoms with Crippen LogP contribution in [0.15, 0.2) is 6.20 Å². The molecule has 1 amide bonds. The van der Waals surface area contributed by atoms with Gasteiger partial charge in [-0.1, -0.05) is 13.8 Å². The Morgan fingerprint density at radius 1 is 1.31 bits per heavy atom. The summed E-state index contributed by atoms with van der Waals surface area (Å²) in [6.07, 6.45) is -1.21. The van der Waals surface area contributed by atoms with Gasteiger partial charge in [-0.05, 0) is 43.9 Å². The van der Waals surface area contributed by atoms with E-state index in [-0.39, 0.29) is 42.1 Å². The maximum absolute atomic E-state index is 13.3. The van der Waals surface area contributed by atoms with E-state index in [0.717, 1.165) is 12.8 Å². The second kappa shape index (κ2) is 6.45. The molecule has 7 nitrogen and oxygen atoms in total.